The fraction of sp³-hybridized carbons (Fsp3) is 0.115. The van der Waals surface area contributed by atoms with Gasteiger partial charge in [-0.25, -0.2) is 9.79 Å². The Kier molecular flexibility index (Phi) is 5.81. The molecular formula is C26H21N3O4S. The number of aromatic carboxylic acids is 1. The first-order valence-electron chi connectivity index (χ1n) is 10.8. The average Bonchev–Trinajstić information content (AvgIpc) is 3.52. The largest absolute Gasteiger partial charge is 0.475 e. The number of furan rings is 1. The van der Waals surface area contributed by atoms with Gasteiger partial charge in [0.05, 0.1) is 17.1 Å². The summed E-state index contributed by atoms with van der Waals surface area (Å²) >= 11 is 1.36. The minimum Gasteiger partial charge on any atom is -0.475 e. The van der Waals surface area contributed by atoms with E-state index in [0.717, 1.165) is 22.2 Å². The number of hydrogen-bond donors (Lipinski definition) is 1. The molecule has 0 atom stereocenters. The summed E-state index contributed by atoms with van der Waals surface area (Å²) in [6, 6.07) is 20.6. The number of carboxylic acids is 1. The van der Waals surface area contributed by atoms with E-state index in [-0.39, 0.29) is 11.7 Å². The van der Waals surface area contributed by atoms with Gasteiger partial charge in [-0.3, -0.25) is 9.69 Å². The van der Waals surface area contributed by atoms with Gasteiger partial charge < -0.3 is 14.1 Å². The van der Waals surface area contributed by atoms with Crippen molar-refractivity contribution in [2.75, 3.05) is 6.54 Å². The van der Waals surface area contributed by atoms with Gasteiger partial charge in [-0.2, -0.15) is 0 Å². The number of nitrogens with zero attached hydrogens (tertiary/aromatic N) is 3. The number of amidine groups is 1. The van der Waals surface area contributed by atoms with E-state index in [9.17, 15) is 9.59 Å². The van der Waals surface area contributed by atoms with Crippen LogP contribution in [0.5, 0.6) is 0 Å². The van der Waals surface area contributed by atoms with E-state index in [1.165, 1.54) is 17.8 Å². The molecule has 1 N–H and O–H groups in total. The molecular weight excluding hydrogens is 450 g/mol. The lowest BCUT2D eigenvalue weighted by Gasteiger charge is -2.11. The highest BCUT2D eigenvalue weighted by atomic mass is 32.2. The Hall–Kier alpha value is -4.04. The van der Waals surface area contributed by atoms with Crippen molar-refractivity contribution in [2.24, 2.45) is 4.99 Å². The minimum absolute atomic E-state index is 0.0730. The molecule has 2 aromatic carbocycles. The van der Waals surface area contributed by atoms with Crippen molar-refractivity contribution in [1.29, 1.82) is 0 Å². The zero-order valence-electron chi connectivity index (χ0n) is 18.3. The number of hydrogen-bond acceptors (Lipinski definition) is 5. The summed E-state index contributed by atoms with van der Waals surface area (Å²) in [6.45, 7) is 2.84. The van der Waals surface area contributed by atoms with Gasteiger partial charge in [0, 0.05) is 29.2 Å². The van der Waals surface area contributed by atoms with Gasteiger partial charge in [0.1, 0.15) is 5.76 Å². The lowest BCUT2D eigenvalue weighted by atomic mass is 10.1. The number of benzene rings is 2. The maximum absolute atomic E-state index is 13.1. The second-order valence-corrected chi connectivity index (χ2v) is 8.70. The fourth-order valence-electron chi connectivity index (χ4n) is 3.89. The van der Waals surface area contributed by atoms with Crippen LogP contribution < -0.4 is 0 Å². The third kappa shape index (κ3) is 4.15. The van der Waals surface area contributed by atoms with E-state index in [1.54, 1.807) is 11.0 Å². The number of thioether (sulfide) groups is 1. The molecule has 0 bridgehead atoms. The highest BCUT2D eigenvalue weighted by molar-refractivity contribution is 8.18. The van der Waals surface area contributed by atoms with E-state index in [4.69, 9.17) is 9.52 Å². The van der Waals surface area contributed by atoms with E-state index in [0.29, 0.717) is 28.9 Å². The highest BCUT2D eigenvalue weighted by Crippen LogP contribution is 2.35. The van der Waals surface area contributed by atoms with E-state index in [1.807, 2.05) is 78.4 Å². The molecule has 4 aromatic rings. The summed E-state index contributed by atoms with van der Waals surface area (Å²) in [4.78, 5) is 31.2. The molecule has 2 aromatic heterocycles. The SMILES string of the molecule is CCN1C(=O)/C(=C/c2cn(Cc3ccc(C(=O)O)o3)c3ccccc23)SC1=Nc1ccccc1. The van der Waals surface area contributed by atoms with Crippen LogP contribution in [0.1, 0.15) is 28.8 Å². The first kappa shape index (κ1) is 21.8. The number of rotatable bonds is 6. The van der Waals surface area contributed by atoms with Gasteiger partial charge in [-0.15, -0.1) is 0 Å². The maximum Gasteiger partial charge on any atom is 0.371 e. The van der Waals surface area contributed by atoms with Crippen molar-refractivity contribution in [3.05, 3.63) is 94.9 Å². The predicted octanol–water partition coefficient (Wildman–Crippen LogP) is 5.60. The first-order valence-corrected chi connectivity index (χ1v) is 11.6. The van der Waals surface area contributed by atoms with Gasteiger partial charge >= 0.3 is 5.97 Å². The van der Waals surface area contributed by atoms with Crippen LogP contribution in [0.4, 0.5) is 5.69 Å². The van der Waals surface area contributed by atoms with Crippen molar-refractivity contribution in [2.45, 2.75) is 13.5 Å². The Morgan fingerprint density at radius 2 is 1.85 bits per heavy atom. The quantitative estimate of drug-likeness (QED) is 0.370. The molecule has 1 amide bonds. The molecule has 0 radical (unpaired) electrons. The van der Waals surface area contributed by atoms with Crippen molar-refractivity contribution in [1.82, 2.24) is 9.47 Å². The Labute approximate surface area is 200 Å². The molecule has 34 heavy (non-hydrogen) atoms. The van der Waals surface area contributed by atoms with Crippen LogP contribution in [0.3, 0.4) is 0 Å². The number of carboxylic acid groups (broad SMARTS) is 1. The Bertz CT molecular complexity index is 1450. The number of aliphatic imine (C=N–C) groups is 1. The van der Waals surface area contributed by atoms with E-state index in [2.05, 4.69) is 4.99 Å². The molecule has 0 unspecified atom stereocenters. The van der Waals surface area contributed by atoms with Crippen LogP contribution in [-0.4, -0.2) is 38.2 Å². The molecule has 8 heteroatoms. The number of carbonyl (C=O) groups is 2. The van der Waals surface area contributed by atoms with Crippen LogP contribution in [0.2, 0.25) is 0 Å². The molecule has 1 aliphatic rings. The van der Waals surface area contributed by atoms with Crippen LogP contribution in [0.15, 0.2) is 87.2 Å². The van der Waals surface area contributed by atoms with E-state index < -0.39 is 5.97 Å². The molecule has 7 nitrogen and oxygen atoms in total. The zero-order chi connectivity index (χ0) is 23.7. The van der Waals surface area contributed by atoms with Crippen molar-refractivity contribution in [3.8, 4) is 0 Å². The minimum atomic E-state index is -1.10. The average molecular weight is 472 g/mol. The summed E-state index contributed by atoms with van der Waals surface area (Å²) in [5.74, 6) is -0.722. The zero-order valence-corrected chi connectivity index (χ0v) is 19.2. The Morgan fingerprint density at radius 1 is 1.09 bits per heavy atom. The third-order valence-electron chi connectivity index (χ3n) is 5.49. The second-order valence-electron chi connectivity index (χ2n) is 7.69. The summed E-state index contributed by atoms with van der Waals surface area (Å²) in [6.07, 6.45) is 3.85. The number of amides is 1. The third-order valence-corrected chi connectivity index (χ3v) is 6.50. The van der Waals surface area contributed by atoms with E-state index >= 15 is 0 Å². The standard InChI is InChI=1S/C26H21N3O4S/c1-2-29-24(30)23(34-26(29)27-18-8-4-3-5-9-18)14-17-15-28(21-11-7-6-10-20(17)21)16-19-12-13-22(33-19)25(31)32/h3-15H,2,16H2,1H3,(H,31,32)/b23-14-,27-26?. The van der Waals surface area contributed by atoms with Gasteiger partial charge in [0.25, 0.3) is 5.91 Å². The fourth-order valence-corrected chi connectivity index (χ4v) is 4.94. The molecule has 1 aliphatic heterocycles. The number of aromatic nitrogens is 1. The normalized spacial score (nSPS) is 16.3. The Morgan fingerprint density at radius 3 is 2.59 bits per heavy atom. The lowest BCUT2D eigenvalue weighted by molar-refractivity contribution is -0.122. The smallest absolute Gasteiger partial charge is 0.371 e. The van der Waals surface area contributed by atoms with Gasteiger partial charge in [-0.1, -0.05) is 36.4 Å². The summed E-state index contributed by atoms with van der Waals surface area (Å²) < 4.78 is 7.43. The molecule has 3 heterocycles. The number of carbonyl (C=O) groups excluding carboxylic acids is 1. The van der Waals surface area contributed by atoms with Crippen LogP contribution >= 0.6 is 11.8 Å². The highest BCUT2D eigenvalue weighted by Gasteiger charge is 2.32. The van der Waals surface area contributed by atoms with Crippen molar-refractivity contribution < 1.29 is 19.1 Å². The monoisotopic (exact) mass is 471 g/mol. The second kappa shape index (κ2) is 9.07. The van der Waals surface area contributed by atoms with Gasteiger partial charge in [0.15, 0.2) is 5.17 Å². The summed E-state index contributed by atoms with van der Waals surface area (Å²) in [5, 5.41) is 10.8. The topological polar surface area (TPSA) is 88.0 Å². The number of likely N-dealkylation sites (N-methyl/N-ethyl adjacent to an activating group) is 1. The summed E-state index contributed by atoms with van der Waals surface area (Å²) in [7, 11) is 0. The molecule has 170 valence electrons. The van der Waals surface area contributed by atoms with Crippen molar-refractivity contribution in [3.63, 3.8) is 0 Å². The molecule has 5 rings (SSSR count). The van der Waals surface area contributed by atoms with Gasteiger partial charge in [-0.05, 0) is 55.1 Å². The molecule has 0 spiro atoms. The molecule has 1 fully saturated rings. The van der Waals surface area contributed by atoms with Crippen LogP contribution in [0.25, 0.3) is 17.0 Å². The number of fused-ring (bicyclic) bond motifs is 1. The molecule has 1 saturated heterocycles. The predicted molar refractivity (Wildman–Crippen MR) is 133 cm³/mol. The molecule has 0 aliphatic carbocycles. The lowest BCUT2D eigenvalue weighted by Crippen LogP contribution is -2.28. The maximum atomic E-state index is 13.1. The first-order chi connectivity index (χ1) is 16.5. The summed E-state index contributed by atoms with van der Waals surface area (Å²) in [5.41, 5.74) is 2.66. The Balaban J connectivity index is 1.50. The van der Waals surface area contributed by atoms with Crippen LogP contribution in [-0.2, 0) is 11.3 Å². The van der Waals surface area contributed by atoms with Crippen molar-refractivity contribution >= 4 is 51.5 Å². The number of para-hydroxylation sites is 2. The van der Waals surface area contributed by atoms with Crippen LogP contribution in [0, 0.1) is 0 Å². The van der Waals surface area contributed by atoms with Gasteiger partial charge in [0.2, 0.25) is 5.76 Å². The molecule has 0 saturated carbocycles.